The van der Waals surface area contributed by atoms with Gasteiger partial charge in [0.1, 0.15) is 0 Å². The van der Waals surface area contributed by atoms with Crippen molar-refractivity contribution in [3.05, 3.63) is 35.4 Å². The smallest absolute Gasteiger partial charge is 0.0288 e. The lowest BCUT2D eigenvalue weighted by Crippen LogP contribution is -2.04. The molecule has 0 amide bonds. The molecular weight excluding hydrogens is 208 g/mol. The predicted molar refractivity (Wildman–Crippen MR) is 69.8 cm³/mol. The van der Waals surface area contributed by atoms with Gasteiger partial charge in [-0.1, -0.05) is 72.2 Å². The van der Waals surface area contributed by atoms with Gasteiger partial charge in [0.15, 0.2) is 0 Å². The third-order valence-corrected chi connectivity index (χ3v) is 4.93. The first-order valence-corrected chi connectivity index (χ1v) is 7.15. The van der Waals surface area contributed by atoms with Gasteiger partial charge >= 0.3 is 0 Å². The van der Waals surface area contributed by atoms with Crippen molar-refractivity contribution >= 4 is 21.6 Å². The van der Waals surface area contributed by atoms with Crippen LogP contribution >= 0.6 is 21.6 Å². The van der Waals surface area contributed by atoms with E-state index in [4.69, 9.17) is 0 Å². The molecule has 0 aromatic heterocycles. The lowest BCUT2D eigenvalue weighted by Gasteiger charge is -2.16. The summed E-state index contributed by atoms with van der Waals surface area (Å²) in [6.45, 7) is 8.88. The molecule has 0 spiro atoms. The number of benzene rings is 1. The quantitative estimate of drug-likeness (QED) is 0.687. The van der Waals surface area contributed by atoms with Crippen molar-refractivity contribution in [2.75, 3.05) is 0 Å². The minimum atomic E-state index is 0.357. The average molecular weight is 226 g/mol. The zero-order chi connectivity index (χ0) is 10.6. The molecule has 0 aliphatic carbocycles. The summed E-state index contributed by atoms with van der Waals surface area (Å²) in [7, 11) is 3.89. The molecule has 78 valence electrons. The van der Waals surface area contributed by atoms with E-state index in [2.05, 4.69) is 52.0 Å². The molecule has 14 heavy (non-hydrogen) atoms. The Balaban J connectivity index is 2.35. The molecule has 2 heteroatoms. The second kappa shape index (κ2) is 5.13. The molecule has 0 saturated carbocycles. The van der Waals surface area contributed by atoms with Gasteiger partial charge in [0, 0.05) is 10.5 Å². The highest BCUT2D eigenvalue weighted by molar-refractivity contribution is 8.76. The summed E-state index contributed by atoms with van der Waals surface area (Å²) >= 11 is 0. The molecule has 0 heterocycles. The monoisotopic (exact) mass is 226 g/mol. The van der Waals surface area contributed by atoms with Crippen molar-refractivity contribution in [2.45, 2.75) is 38.2 Å². The minimum absolute atomic E-state index is 0.357. The lowest BCUT2D eigenvalue weighted by atomic mass is 10.2. The van der Waals surface area contributed by atoms with E-state index in [1.807, 2.05) is 21.6 Å². The van der Waals surface area contributed by atoms with E-state index >= 15 is 0 Å². The maximum atomic E-state index is 2.25. The molecule has 0 N–H and O–H groups in total. The van der Waals surface area contributed by atoms with Gasteiger partial charge in [0.05, 0.1) is 0 Å². The van der Waals surface area contributed by atoms with Crippen LogP contribution in [0.2, 0.25) is 0 Å². The van der Waals surface area contributed by atoms with Crippen LogP contribution in [0.25, 0.3) is 0 Å². The average Bonchev–Trinajstić information content (AvgIpc) is 2.06. The molecule has 0 atom stereocenters. The van der Waals surface area contributed by atoms with Crippen LogP contribution in [0.1, 0.15) is 31.9 Å². The van der Waals surface area contributed by atoms with Gasteiger partial charge in [0.25, 0.3) is 0 Å². The topological polar surface area (TPSA) is 0 Å². The van der Waals surface area contributed by atoms with Crippen molar-refractivity contribution in [2.24, 2.45) is 0 Å². The van der Waals surface area contributed by atoms with Crippen molar-refractivity contribution in [3.63, 3.8) is 0 Å². The Morgan fingerprint density at radius 1 is 1.07 bits per heavy atom. The maximum Gasteiger partial charge on any atom is 0.0288 e. The van der Waals surface area contributed by atoms with Crippen molar-refractivity contribution in [3.8, 4) is 0 Å². The van der Waals surface area contributed by atoms with E-state index in [1.165, 1.54) is 11.1 Å². The number of aryl methyl sites for hydroxylation is 1. The van der Waals surface area contributed by atoms with Gasteiger partial charge in [-0.2, -0.15) is 0 Å². The fourth-order valence-electron chi connectivity index (χ4n) is 0.959. The fraction of sp³-hybridized carbons (Fsp3) is 0.500. The molecule has 0 unspecified atom stereocenters. The molecule has 0 radical (unpaired) electrons. The summed E-state index contributed by atoms with van der Waals surface area (Å²) in [5.41, 5.74) is 2.75. The molecule has 0 fully saturated rings. The summed E-state index contributed by atoms with van der Waals surface area (Å²) in [6.07, 6.45) is 0. The Labute approximate surface area is 95.3 Å². The maximum absolute atomic E-state index is 2.25. The number of rotatable bonds is 3. The Hall–Kier alpha value is -0.0800. The third-order valence-electron chi connectivity index (χ3n) is 1.66. The van der Waals surface area contributed by atoms with Crippen molar-refractivity contribution < 1.29 is 0 Å². The minimum Gasteiger partial charge on any atom is -0.0888 e. The van der Waals surface area contributed by atoms with Crippen LogP contribution in [0, 0.1) is 6.92 Å². The molecule has 0 aliphatic rings. The molecule has 0 aliphatic heterocycles. The second-order valence-corrected chi connectivity index (χ2v) is 7.57. The lowest BCUT2D eigenvalue weighted by molar-refractivity contribution is 0.810. The normalized spacial score (nSPS) is 11.7. The fourth-order valence-corrected chi connectivity index (χ4v) is 3.35. The van der Waals surface area contributed by atoms with Crippen LogP contribution in [0.15, 0.2) is 24.3 Å². The summed E-state index contributed by atoms with van der Waals surface area (Å²) < 4.78 is 0.357. The van der Waals surface area contributed by atoms with Crippen molar-refractivity contribution in [1.82, 2.24) is 0 Å². The van der Waals surface area contributed by atoms with E-state index in [1.54, 1.807) is 0 Å². The van der Waals surface area contributed by atoms with Crippen molar-refractivity contribution in [1.29, 1.82) is 0 Å². The molecule has 1 aromatic rings. The largest absolute Gasteiger partial charge is 0.0888 e. The zero-order valence-electron chi connectivity index (χ0n) is 9.33. The van der Waals surface area contributed by atoms with Gasteiger partial charge in [0.2, 0.25) is 0 Å². The first-order chi connectivity index (χ1) is 6.47. The first-order valence-electron chi connectivity index (χ1n) is 4.83. The Morgan fingerprint density at radius 3 is 2.14 bits per heavy atom. The highest BCUT2D eigenvalue weighted by Gasteiger charge is 2.10. The van der Waals surface area contributed by atoms with Gasteiger partial charge in [-0.3, -0.25) is 0 Å². The van der Waals surface area contributed by atoms with Crippen LogP contribution in [0.3, 0.4) is 0 Å². The highest BCUT2D eigenvalue weighted by atomic mass is 33.1. The van der Waals surface area contributed by atoms with E-state index in [0.29, 0.717) is 4.75 Å². The number of hydrogen-bond acceptors (Lipinski definition) is 2. The number of hydrogen-bond donors (Lipinski definition) is 0. The van der Waals surface area contributed by atoms with Gasteiger partial charge in [-0.15, -0.1) is 0 Å². The molecule has 0 bridgehead atoms. The summed E-state index contributed by atoms with van der Waals surface area (Å²) in [4.78, 5) is 0. The van der Waals surface area contributed by atoms with E-state index in [9.17, 15) is 0 Å². The Morgan fingerprint density at radius 2 is 1.64 bits per heavy atom. The summed E-state index contributed by atoms with van der Waals surface area (Å²) in [6, 6.07) is 8.78. The van der Waals surface area contributed by atoms with E-state index < -0.39 is 0 Å². The van der Waals surface area contributed by atoms with Crippen LogP contribution in [0.4, 0.5) is 0 Å². The van der Waals surface area contributed by atoms with Crippen LogP contribution in [0.5, 0.6) is 0 Å². The van der Waals surface area contributed by atoms with E-state index in [-0.39, 0.29) is 0 Å². The van der Waals surface area contributed by atoms with Crippen LogP contribution in [-0.4, -0.2) is 4.75 Å². The molecule has 1 aromatic carbocycles. The van der Waals surface area contributed by atoms with Gasteiger partial charge < -0.3 is 0 Å². The molecule has 1 rings (SSSR count). The Bertz CT molecular complexity index is 269. The van der Waals surface area contributed by atoms with Crippen LogP contribution < -0.4 is 0 Å². The predicted octanol–water partition coefficient (Wildman–Crippen LogP) is 4.67. The molecule has 0 nitrogen and oxygen atoms in total. The van der Waals surface area contributed by atoms with Gasteiger partial charge in [-0.25, -0.2) is 0 Å². The summed E-state index contributed by atoms with van der Waals surface area (Å²) in [5, 5.41) is 0. The molecular formula is C12H18S2. The summed E-state index contributed by atoms with van der Waals surface area (Å²) in [5.74, 6) is 1.10. The van der Waals surface area contributed by atoms with E-state index in [0.717, 1.165) is 5.75 Å². The highest BCUT2D eigenvalue weighted by Crippen LogP contribution is 2.36. The standard InChI is InChI=1S/C12H18S2/c1-10-5-7-11(8-6-10)9-13-14-12(2,3)4/h5-8H,9H2,1-4H3. The third kappa shape index (κ3) is 4.97. The molecule has 0 saturated heterocycles. The Kier molecular flexibility index (Phi) is 4.39. The van der Waals surface area contributed by atoms with Gasteiger partial charge in [-0.05, 0) is 12.5 Å². The zero-order valence-corrected chi connectivity index (χ0v) is 11.0. The SMILES string of the molecule is Cc1ccc(CSSC(C)(C)C)cc1. The second-order valence-electron chi connectivity index (χ2n) is 4.44. The van der Waals surface area contributed by atoms with Crippen LogP contribution in [-0.2, 0) is 5.75 Å². The first kappa shape index (κ1) is 12.0.